The summed E-state index contributed by atoms with van der Waals surface area (Å²) in [5, 5.41) is 15.6. The molecular formula is C18H28ClIN6S. The molecule has 0 aliphatic heterocycles. The van der Waals surface area contributed by atoms with Crippen LogP contribution in [0.1, 0.15) is 26.1 Å². The number of nitrogens with zero attached hydrogens (tertiary/aromatic N) is 4. The monoisotopic (exact) mass is 522 g/mol. The Morgan fingerprint density at radius 2 is 1.93 bits per heavy atom. The third-order valence-electron chi connectivity index (χ3n) is 3.63. The molecule has 0 unspecified atom stereocenters. The average Bonchev–Trinajstić information content (AvgIpc) is 3.11. The van der Waals surface area contributed by atoms with Gasteiger partial charge in [-0.25, -0.2) is 0 Å². The minimum absolute atomic E-state index is 0. The summed E-state index contributed by atoms with van der Waals surface area (Å²) in [6.45, 7) is 7.47. The first kappa shape index (κ1) is 24.0. The van der Waals surface area contributed by atoms with Gasteiger partial charge in [0.1, 0.15) is 12.2 Å². The SMILES string of the molecule is CCCN=C(NCCSc1ccc(Cl)cc1)NCCn1cnnc1CC.I. The molecule has 0 radical (unpaired) electrons. The van der Waals surface area contributed by atoms with Gasteiger partial charge in [-0.1, -0.05) is 25.4 Å². The van der Waals surface area contributed by atoms with Crippen molar-refractivity contribution < 1.29 is 0 Å². The van der Waals surface area contributed by atoms with Crippen LogP contribution < -0.4 is 10.6 Å². The molecule has 0 aliphatic rings. The number of aliphatic imine (C=N–C) groups is 1. The maximum Gasteiger partial charge on any atom is 0.191 e. The molecule has 0 saturated heterocycles. The number of guanidine groups is 1. The zero-order valence-electron chi connectivity index (χ0n) is 15.8. The summed E-state index contributed by atoms with van der Waals surface area (Å²) in [5.74, 6) is 2.82. The van der Waals surface area contributed by atoms with E-state index in [1.807, 2.05) is 24.3 Å². The maximum absolute atomic E-state index is 5.91. The van der Waals surface area contributed by atoms with Crippen LogP contribution >= 0.6 is 47.3 Å². The van der Waals surface area contributed by atoms with Crippen molar-refractivity contribution in [2.45, 2.75) is 38.1 Å². The molecule has 1 heterocycles. The Kier molecular flexibility index (Phi) is 12.5. The summed E-state index contributed by atoms with van der Waals surface area (Å²) in [6.07, 6.45) is 3.69. The molecule has 150 valence electrons. The van der Waals surface area contributed by atoms with Gasteiger partial charge in [-0.15, -0.1) is 45.9 Å². The quantitative estimate of drug-likeness (QED) is 0.163. The first-order chi connectivity index (χ1) is 12.7. The molecule has 1 aromatic heterocycles. The molecule has 0 bridgehead atoms. The van der Waals surface area contributed by atoms with Gasteiger partial charge in [0, 0.05) is 48.3 Å². The predicted octanol–water partition coefficient (Wildman–Crippen LogP) is 3.85. The number of nitrogens with one attached hydrogen (secondary N) is 2. The van der Waals surface area contributed by atoms with Crippen molar-refractivity contribution in [3.05, 3.63) is 41.4 Å². The van der Waals surface area contributed by atoms with Crippen LogP contribution in [0.25, 0.3) is 0 Å². The molecule has 0 fully saturated rings. The molecular weight excluding hydrogens is 495 g/mol. The predicted molar refractivity (Wildman–Crippen MR) is 126 cm³/mol. The Balaban J connectivity index is 0.00000364. The highest BCUT2D eigenvalue weighted by molar-refractivity contribution is 14.0. The summed E-state index contributed by atoms with van der Waals surface area (Å²) in [6, 6.07) is 7.93. The molecule has 0 spiro atoms. The number of hydrogen-bond donors (Lipinski definition) is 2. The lowest BCUT2D eigenvalue weighted by atomic mass is 10.4. The van der Waals surface area contributed by atoms with Gasteiger partial charge in [-0.05, 0) is 30.7 Å². The van der Waals surface area contributed by atoms with Crippen molar-refractivity contribution in [2.75, 3.05) is 25.4 Å². The molecule has 1 aromatic carbocycles. The minimum Gasteiger partial charge on any atom is -0.356 e. The van der Waals surface area contributed by atoms with Crippen molar-refractivity contribution in [3.8, 4) is 0 Å². The van der Waals surface area contributed by atoms with Gasteiger partial charge in [0.25, 0.3) is 0 Å². The minimum atomic E-state index is 0. The second kappa shape index (κ2) is 14.1. The van der Waals surface area contributed by atoms with Crippen LogP contribution in [-0.2, 0) is 13.0 Å². The fraction of sp³-hybridized carbons (Fsp3) is 0.500. The van der Waals surface area contributed by atoms with Crippen LogP contribution in [0.4, 0.5) is 0 Å². The maximum atomic E-state index is 5.91. The number of rotatable bonds is 10. The molecule has 0 amide bonds. The topological polar surface area (TPSA) is 67.1 Å². The van der Waals surface area contributed by atoms with Gasteiger partial charge < -0.3 is 15.2 Å². The third-order valence-corrected chi connectivity index (χ3v) is 4.89. The Hall–Kier alpha value is -1.00. The van der Waals surface area contributed by atoms with E-state index >= 15 is 0 Å². The molecule has 6 nitrogen and oxygen atoms in total. The van der Waals surface area contributed by atoms with E-state index in [1.54, 1.807) is 18.1 Å². The van der Waals surface area contributed by atoms with Gasteiger partial charge >= 0.3 is 0 Å². The summed E-state index contributed by atoms with van der Waals surface area (Å²) < 4.78 is 2.07. The standard InChI is InChI=1S/C18H27ClN6S.HI/c1-3-9-20-18(21-10-12-25-14-23-24-17(25)4-2)22-11-13-26-16-7-5-15(19)6-8-16;/h5-8,14H,3-4,9-13H2,1-2H3,(H2,20,21,22);1H. The molecule has 2 aromatic rings. The van der Waals surface area contributed by atoms with Gasteiger partial charge in [-0.2, -0.15) is 0 Å². The first-order valence-electron chi connectivity index (χ1n) is 9.00. The van der Waals surface area contributed by atoms with E-state index in [0.29, 0.717) is 0 Å². The number of aromatic nitrogens is 3. The second-order valence-electron chi connectivity index (χ2n) is 5.68. The first-order valence-corrected chi connectivity index (χ1v) is 10.4. The van der Waals surface area contributed by atoms with Gasteiger partial charge in [0.05, 0.1) is 0 Å². The summed E-state index contributed by atoms with van der Waals surface area (Å²) in [4.78, 5) is 5.81. The lowest BCUT2D eigenvalue weighted by molar-refractivity contribution is 0.632. The van der Waals surface area contributed by atoms with E-state index in [0.717, 1.165) is 61.6 Å². The number of benzene rings is 1. The molecule has 27 heavy (non-hydrogen) atoms. The molecule has 2 N–H and O–H groups in total. The summed E-state index contributed by atoms with van der Waals surface area (Å²) in [5.41, 5.74) is 0. The van der Waals surface area contributed by atoms with Gasteiger partial charge in [-0.3, -0.25) is 4.99 Å². The smallest absolute Gasteiger partial charge is 0.191 e. The number of thioether (sulfide) groups is 1. The highest BCUT2D eigenvalue weighted by Gasteiger charge is 2.03. The highest BCUT2D eigenvalue weighted by Crippen LogP contribution is 2.19. The van der Waals surface area contributed by atoms with Crippen molar-refractivity contribution in [1.29, 1.82) is 0 Å². The molecule has 0 saturated carbocycles. The van der Waals surface area contributed by atoms with Crippen molar-refractivity contribution in [2.24, 2.45) is 4.99 Å². The van der Waals surface area contributed by atoms with Crippen molar-refractivity contribution in [3.63, 3.8) is 0 Å². The largest absolute Gasteiger partial charge is 0.356 e. The lowest BCUT2D eigenvalue weighted by Crippen LogP contribution is -2.40. The average molecular weight is 523 g/mol. The van der Waals surface area contributed by atoms with Gasteiger partial charge in [0.15, 0.2) is 5.96 Å². The van der Waals surface area contributed by atoms with E-state index in [-0.39, 0.29) is 24.0 Å². The van der Waals surface area contributed by atoms with Crippen LogP contribution in [0, 0.1) is 0 Å². The zero-order chi connectivity index (χ0) is 18.6. The number of halogens is 2. The van der Waals surface area contributed by atoms with Crippen LogP contribution in [0.15, 0.2) is 40.5 Å². The van der Waals surface area contributed by atoms with E-state index in [1.165, 1.54) is 4.90 Å². The Morgan fingerprint density at radius 1 is 1.19 bits per heavy atom. The van der Waals surface area contributed by atoms with E-state index in [2.05, 4.69) is 44.2 Å². The van der Waals surface area contributed by atoms with Crippen LogP contribution in [-0.4, -0.2) is 46.1 Å². The Morgan fingerprint density at radius 3 is 2.63 bits per heavy atom. The highest BCUT2D eigenvalue weighted by atomic mass is 127. The zero-order valence-corrected chi connectivity index (χ0v) is 19.7. The lowest BCUT2D eigenvalue weighted by Gasteiger charge is -2.13. The molecule has 2 rings (SSSR count). The Bertz CT molecular complexity index is 677. The fourth-order valence-electron chi connectivity index (χ4n) is 2.30. The normalized spacial score (nSPS) is 11.1. The summed E-state index contributed by atoms with van der Waals surface area (Å²) >= 11 is 7.71. The number of hydrogen-bond acceptors (Lipinski definition) is 4. The van der Waals surface area contributed by atoms with Crippen LogP contribution in [0.5, 0.6) is 0 Å². The molecule has 9 heteroatoms. The number of aryl methyl sites for hydroxylation is 1. The van der Waals surface area contributed by atoms with E-state index in [9.17, 15) is 0 Å². The van der Waals surface area contributed by atoms with Crippen molar-refractivity contribution in [1.82, 2.24) is 25.4 Å². The molecule has 0 atom stereocenters. The molecule has 0 aliphatic carbocycles. The fourth-order valence-corrected chi connectivity index (χ4v) is 3.20. The third kappa shape index (κ3) is 9.16. The second-order valence-corrected chi connectivity index (χ2v) is 7.29. The van der Waals surface area contributed by atoms with E-state index < -0.39 is 0 Å². The van der Waals surface area contributed by atoms with Gasteiger partial charge in [0.2, 0.25) is 0 Å². The van der Waals surface area contributed by atoms with Crippen LogP contribution in [0.2, 0.25) is 5.02 Å². The van der Waals surface area contributed by atoms with E-state index in [4.69, 9.17) is 11.6 Å². The Labute approximate surface area is 188 Å². The summed E-state index contributed by atoms with van der Waals surface area (Å²) in [7, 11) is 0. The van der Waals surface area contributed by atoms with Crippen molar-refractivity contribution >= 4 is 53.3 Å². The van der Waals surface area contributed by atoms with Crippen LogP contribution in [0.3, 0.4) is 0 Å².